The first-order chi connectivity index (χ1) is 10.2. The lowest BCUT2D eigenvalue weighted by Gasteiger charge is -2.20. The molecule has 1 atom stereocenters. The predicted octanol–water partition coefficient (Wildman–Crippen LogP) is 0.676. The minimum Gasteiger partial charge on any atom is -0.343 e. The Balaban J connectivity index is 2.01. The summed E-state index contributed by atoms with van der Waals surface area (Å²) in [6.45, 7) is 3.92. The van der Waals surface area contributed by atoms with E-state index in [0.29, 0.717) is 23.2 Å². The van der Waals surface area contributed by atoms with Gasteiger partial charge in [-0.2, -0.15) is 0 Å². The number of rotatable bonds is 5. The van der Waals surface area contributed by atoms with Crippen molar-refractivity contribution in [1.29, 1.82) is 0 Å². The summed E-state index contributed by atoms with van der Waals surface area (Å²) < 4.78 is 25.0. The maximum Gasteiger partial charge on any atom is 0.233 e. The smallest absolute Gasteiger partial charge is 0.233 e. The van der Waals surface area contributed by atoms with Crippen molar-refractivity contribution in [3.63, 3.8) is 0 Å². The Hall–Kier alpha value is -1.09. The first-order valence-electron chi connectivity index (χ1n) is 7.19. The van der Waals surface area contributed by atoms with Gasteiger partial charge in [-0.3, -0.25) is 4.79 Å². The number of nitrogens with zero attached hydrogens (tertiary/aromatic N) is 4. The number of amides is 1. The first kappa shape index (κ1) is 17.3. The highest BCUT2D eigenvalue weighted by Crippen LogP contribution is 2.29. The van der Waals surface area contributed by atoms with Gasteiger partial charge in [-0.1, -0.05) is 11.8 Å². The molecule has 0 radical (unpaired) electrons. The van der Waals surface area contributed by atoms with Crippen LogP contribution in [0.3, 0.4) is 0 Å². The molecule has 1 saturated heterocycles. The van der Waals surface area contributed by atoms with Gasteiger partial charge < -0.3 is 9.47 Å². The van der Waals surface area contributed by atoms with E-state index in [0.717, 1.165) is 0 Å². The van der Waals surface area contributed by atoms with Crippen molar-refractivity contribution >= 4 is 27.5 Å². The number of carbonyl (C=O) groups is 1. The second kappa shape index (κ2) is 6.57. The molecule has 1 aromatic heterocycles. The third kappa shape index (κ3) is 3.81. The maximum absolute atomic E-state index is 12.0. The minimum atomic E-state index is -2.95. The second-order valence-corrected chi connectivity index (χ2v) is 9.06. The lowest BCUT2D eigenvalue weighted by molar-refractivity contribution is -0.128. The topological polar surface area (TPSA) is 85.2 Å². The van der Waals surface area contributed by atoms with Gasteiger partial charge in [0.05, 0.1) is 17.3 Å². The molecule has 0 N–H and O–H groups in total. The predicted molar refractivity (Wildman–Crippen MR) is 85.6 cm³/mol. The van der Waals surface area contributed by atoms with E-state index in [2.05, 4.69) is 10.2 Å². The van der Waals surface area contributed by atoms with E-state index in [1.807, 2.05) is 20.9 Å². The molecule has 22 heavy (non-hydrogen) atoms. The maximum atomic E-state index is 12.0. The highest BCUT2D eigenvalue weighted by Gasteiger charge is 2.32. The molecule has 1 amide bonds. The SMILES string of the molecule is CC(C)N(C)C(=O)CSc1nnc([C@H]2CCS(=O)(=O)C2)n1C. The molecule has 0 bridgehead atoms. The third-order valence-corrected chi connectivity index (χ3v) is 6.73. The molecule has 2 heterocycles. The van der Waals surface area contributed by atoms with Gasteiger partial charge >= 0.3 is 0 Å². The molecule has 0 spiro atoms. The average Bonchev–Trinajstić information content (AvgIpc) is 2.97. The molecule has 0 aromatic carbocycles. The van der Waals surface area contributed by atoms with E-state index >= 15 is 0 Å². The number of hydrogen-bond acceptors (Lipinski definition) is 6. The summed E-state index contributed by atoms with van der Waals surface area (Å²) in [7, 11) is 0.649. The highest BCUT2D eigenvalue weighted by molar-refractivity contribution is 7.99. The van der Waals surface area contributed by atoms with Crippen LogP contribution >= 0.6 is 11.8 Å². The number of hydrogen-bond donors (Lipinski definition) is 0. The van der Waals surface area contributed by atoms with Crippen LogP contribution in [-0.4, -0.2) is 64.3 Å². The molecular formula is C13H22N4O3S2. The number of aromatic nitrogens is 3. The van der Waals surface area contributed by atoms with Crippen LogP contribution in [-0.2, 0) is 21.7 Å². The van der Waals surface area contributed by atoms with Crippen LogP contribution in [0.5, 0.6) is 0 Å². The Labute approximate surface area is 135 Å². The standard InChI is InChI=1S/C13H22N4O3S2/c1-9(2)16(3)11(18)7-21-13-15-14-12(17(13)4)10-5-6-22(19,20)8-10/h9-10H,5-8H2,1-4H3/t10-/m0/s1. The fraction of sp³-hybridized carbons (Fsp3) is 0.769. The van der Waals surface area contributed by atoms with Gasteiger partial charge in [-0.05, 0) is 20.3 Å². The Morgan fingerprint density at radius 1 is 1.45 bits per heavy atom. The number of sulfone groups is 1. The lowest BCUT2D eigenvalue weighted by atomic mass is 10.1. The van der Waals surface area contributed by atoms with Gasteiger partial charge in [-0.25, -0.2) is 8.42 Å². The van der Waals surface area contributed by atoms with Gasteiger partial charge in [0, 0.05) is 26.1 Å². The van der Waals surface area contributed by atoms with Crippen LogP contribution in [0.15, 0.2) is 5.16 Å². The summed E-state index contributed by atoms with van der Waals surface area (Å²) in [4.78, 5) is 13.7. The fourth-order valence-corrected chi connectivity index (χ4v) is 4.90. The highest BCUT2D eigenvalue weighted by atomic mass is 32.2. The third-order valence-electron chi connectivity index (χ3n) is 3.96. The zero-order chi connectivity index (χ0) is 16.5. The Morgan fingerprint density at radius 2 is 2.14 bits per heavy atom. The molecule has 0 saturated carbocycles. The summed E-state index contributed by atoms with van der Waals surface area (Å²) >= 11 is 1.33. The molecule has 9 heteroatoms. The fourth-order valence-electron chi connectivity index (χ4n) is 2.32. The summed E-state index contributed by atoms with van der Waals surface area (Å²) in [6.07, 6.45) is 0.591. The van der Waals surface area contributed by atoms with Crippen molar-refractivity contribution in [3.8, 4) is 0 Å². The van der Waals surface area contributed by atoms with Gasteiger partial charge in [0.2, 0.25) is 5.91 Å². The quantitative estimate of drug-likeness (QED) is 0.729. The summed E-state index contributed by atoms with van der Waals surface area (Å²) in [5.41, 5.74) is 0. The first-order valence-corrected chi connectivity index (χ1v) is 10.00. The van der Waals surface area contributed by atoms with Crippen LogP contribution < -0.4 is 0 Å². The summed E-state index contributed by atoms with van der Waals surface area (Å²) in [5, 5.41) is 8.86. The molecule has 0 aliphatic carbocycles. The van der Waals surface area contributed by atoms with Crippen molar-refractivity contribution in [2.24, 2.45) is 7.05 Å². The molecule has 1 aliphatic rings. The molecule has 124 valence electrons. The Bertz CT molecular complexity index is 654. The Morgan fingerprint density at radius 3 is 2.68 bits per heavy atom. The van der Waals surface area contributed by atoms with E-state index in [1.54, 1.807) is 16.5 Å². The van der Waals surface area contributed by atoms with Crippen molar-refractivity contribution in [2.45, 2.75) is 37.4 Å². The zero-order valence-electron chi connectivity index (χ0n) is 13.3. The minimum absolute atomic E-state index is 0.0352. The van der Waals surface area contributed by atoms with E-state index in [-0.39, 0.29) is 29.4 Å². The van der Waals surface area contributed by atoms with E-state index < -0.39 is 9.84 Å². The normalized spacial score (nSPS) is 20.5. The second-order valence-electron chi connectivity index (χ2n) is 5.89. The van der Waals surface area contributed by atoms with Crippen LogP contribution in [0.4, 0.5) is 0 Å². The van der Waals surface area contributed by atoms with Crippen molar-refractivity contribution in [3.05, 3.63) is 5.82 Å². The van der Waals surface area contributed by atoms with E-state index in [1.165, 1.54) is 11.8 Å². The summed E-state index contributed by atoms with van der Waals surface area (Å²) in [5.74, 6) is 1.28. The van der Waals surface area contributed by atoms with Gasteiger partial charge in [0.15, 0.2) is 15.0 Å². The molecule has 2 rings (SSSR count). The number of carbonyl (C=O) groups excluding carboxylic acids is 1. The van der Waals surface area contributed by atoms with Crippen LogP contribution in [0.25, 0.3) is 0 Å². The van der Waals surface area contributed by atoms with Crippen LogP contribution in [0.1, 0.15) is 32.0 Å². The van der Waals surface area contributed by atoms with Crippen molar-refractivity contribution in [1.82, 2.24) is 19.7 Å². The molecule has 1 aliphatic heterocycles. The molecule has 0 unspecified atom stereocenters. The van der Waals surface area contributed by atoms with Gasteiger partial charge in [0.25, 0.3) is 0 Å². The van der Waals surface area contributed by atoms with E-state index in [4.69, 9.17) is 0 Å². The molecule has 7 nitrogen and oxygen atoms in total. The molecule has 1 fully saturated rings. The van der Waals surface area contributed by atoms with E-state index in [9.17, 15) is 13.2 Å². The molecular weight excluding hydrogens is 324 g/mol. The molecule has 1 aromatic rings. The Kier molecular flexibility index (Phi) is 5.16. The largest absolute Gasteiger partial charge is 0.343 e. The van der Waals surface area contributed by atoms with Gasteiger partial charge in [-0.15, -0.1) is 10.2 Å². The van der Waals surface area contributed by atoms with Crippen LogP contribution in [0, 0.1) is 0 Å². The van der Waals surface area contributed by atoms with Crippen molar-refractivity contribution in [2.75, 3.05) is 24.3 Å². The van der Waals surface area contributed by atoms with Gasteiger partial charge in [0.1, 0.15) is 5.82 Å². The number of thioether (sulfide) groups is 1. The zero-order valence-corrected chi connectivity index (χ0v) is 14.9. The monoisotopic (exact) mass is 346 g/mol. The lowest BCUT2D eigenvalue weighted by Crippen LogP contribution is -2.34. The van der Waals surface area contributed by atoms with Crippen LogP contribution in [0.2, 0.25) is 0 Å². The average molecular weight is 346 g/mol. The van der Waals surface area contributed by atoms with Crippen molar-refractivity contribution < 1.29 is 13.2 Å². The summed E-state index contributed by atoms with van der Waals surface area (Å²) in [6, 6.07) is 0.159.